The van der Waals surface area contributed by atoms with Crippen molar-refractivity contribution in [2.75, 3.05) is 26.0 Å². The standard InChI is InChI=1S/C13H22N4O2S/c1-10-8-11(5-7-17(10)3)16-20(18,19)12-4-6-15-13(9-12)14-2/h4,6,9-11,16H,5,7-8H2,1-3H3,(H,14,15). The molecule has 0 bridgehead atoms. The SMILES string of the molecule is CNc1cc(S(=O)(=O)NC2CCN(C)C(C)C2)ccn1. The van der Waals surface area contributed by atoms with Gasteiger partial charge in [0.05, 0.1) is 4.90 Å². The highest BCUT2D eigenvalue weighted by Gasteiger charge is 2.27. The number of piperidine rings is 1. The molecule has 2 heterocycles. The van der Waals surface area contributed by atoms with E-state index in [1.54, 1.807) is 13.1 Å². The van der Waals surface area contributed by atoms with Crippen LogP contribution in [0.2, 0.25) is 0 Å². The van der Waals surface area contributed by atoms with Crippen LogP contribution in [0.25, 0.3) is 0 Å². The topological polar surface area (TPSA) is 74.3 Å². The van der Waals surface area contributed by atoms with Gasteiger partial charge in [0.15, 0.2) is 0 Å². The van der Waals surface area contributed by atoms with Crippen LogP contribution in [0, 0.1) is 0 Å². The summed E-state index contributed by atoms with van der Waals surface area (Å²) in [6.07, 6.45) is 3.17. The van der Waals surface area contributed by atoms with Gasteiger partial charge in [-0.2, -0.15) is 0 Å². The van der Waals surface area contributed by atoms with Crippen LogP contribution >= 0.6 is 0 Å². The molecule has 2 rings (SSSR count). The van der Waals surface area contributed by atoms with E-state index in [0.29, 0.717) is 11.9 Å². The van der Waals surface area contributed by atoms with Crippen LogP contribution in [-0.2, 0) is 10.0 Å². The summed E-state index contributed by atoms with van der Waals surface area (Å²) in [6, 6.07) is 3.45. The molecule has 112 valence electrons. The highest BCUT2D eigenvalue weighted by atomic mass is 32.2. The molecule has 0 aliphatic carbocycles. The second-order valence-electron chi connectivity index (χ2n) is 5.30. The Hall–Kier alpha value is -1.18. The molecule has 1 saturated heterocycles. The minimum absolute atomic E-state index is 0.00241. The molecule has 0 radical (unpaired) electrons. The molecule has 1 aromatic rings. The number of hydrogen-bond donors (Lipinski definition) is 2. The van der Waals surface area contributed by atoms with Crippen molar-refractivity contribution in [2.45, 2.75) is 36.7 Å². The molecule has 2 N–H and O–H groups in total. The third-order valence-corrected chi connectivity index (χ3v) is 5.35. The van der Waals surface area contributed by atoms with E-state index in [-0.39, 0.29) is 10.9 Å². The van der Waals surface area contributed by atoms with Gasteiger partial charge in [-0.3, -0.25) is 0 Å². The number of hydrogen-bond acceptors (Lipinski definition) is 5. The number of nitrogens with zero attached hydrogens (tertiary/aromatic N) is 2. The predicted octanol–water partition coefficient (Wildman–Crippen LogP) is 0.884. The zero-order chi connectivity index (χ0) is 14.8. The van der Waals surface area contributed by atoms with Gasteiger partial charge in [-0.1, -0.05) is 0 Å². The smallest absolute Gasteiger partial charge is 0.241 e. The van der Waals surface area contributed by atoms with Crippen molar-refractivity contribution in [2.24, 2.45) is 0 Å². The minimum Gasteiger partial charge on any atom is -0.373 e. The van der Waals surface area contributed by atoms with Crippen LogP contribution in [0.3, 0.4) is 0 Å². The number of nitrogens with one attached hydrogen (secondary N) is 2. The van der Waals surface area contributed by atoms with E-state index in [0.717, 1.165) is 19.4 Å². The van der Waals surface area contributed by atoms with E-state index in [1.165, 1.54) is 12.3 Å². The lowest BCUT2D eigenvalue weighted by Crippen LogP contribution is -2.47. The fraction of sp³-hybridized carbons (Fsp3) is 0.615. The molecular weight excluding hydrogens is 276 g/mol. The number of rotatable bonds is 4. The molecule has 0 aromatic carbocycles. The quantitative estimate of drug-likeness (QED) is 0.863. The van der Waals surface area contributed by atoms with Crippen LogP contribution in [0.15, 0.2) is 23.2 Å². The molecule has 2 unspecified atom stereocenters. The fourth-order valence-electron chi connectivity index (χ4n) is 2.40. The molecule has 1 aromatic heterocycles. The van der Waals surface area contributed by atoms with E-state index in [4.69, 9.17) is 0 Å². The lowest BCUT2D eigenvalue weighted by atomic mass is 10.0. The molecule has 1 aliphatic heterocycles. The molecule has 2 atom stereocenters. The van der Waals surface area contributed by atoms with Gasteiger partial charge >= 0.3 is 0 Å². The van der Waals surface area contributed by atoms with Crippen molar-refractivity contribution in [1.82, 2.24) is 14.6 Å². The normalized spacial score (nSPS) is 24.6. The summed E-state index contributed by atoms with van der Waals surface area (Å²) in [6.45, 7) is 3.03. The van der Waals surface area contributed by atoms with Crippen molar-refractivity contribution in [3.63, 3.8) is 0 Å². The largest absolute Gasteiger partial charge is 0.373 e. The highest BCUT2D eigenvalue weighted by Crippen LogP contribution is 2.19. The summed E-state index contributed by atoms with van der Waals surface area (Å²) >= 11 is 0. The van der Waals surface area contributed by atoms with Crippen molar-refractivity contribution in [3.8, 4) is 0 Å². The first kappa shape index (κ1) is 15.2. The Labute approximate surface area is 120 Å². The maximum Gasteiger partial charge on any atom is 0.241 e. The maximum atomic E-state index is 12.4. The summed E-state index contributed by atoms with van der Waals surface area (Å²) in [5.74, 6) is 0.546. The molecule has 0 saturated carbocycles. The zero-order valence-corrected chi connectivity index (χ0v) is 12.9. The maximum absolute atomic E-state index is 12.4. The van der Waals surface area contributed by atoms with Gasteiger partial charge in [0.2, 0.25) is 10.0 Å². The van der Waals surface area contributed by atoms with Crippen LogP contribution < -0.4 is 10.0 Å². The van der Waals surface area contributed by atoms with E-state index in [9.17, 15) is 8.42 Å². The average Bonchev–Trinajstić information content (AvgIpc) is 2.43. The van der Waals surface area contributed by atoms with Crippen molar-refractivity contribution in [3.05, 3.63) is 18.3 Å². The Kier molecular flexibility index (Phi) is 4.62. The minimum atomic E-state index is -3.48. The Morgan fingerprint density at radius 3 is 2.85 bits per heavy atom. The van der Waals surface area contributed by atoms with E-state index >= 15 is 0 Å². The van der Waals surface area contributed by atoms with Crippen molar-refractivity contribution in [1.29, 1.82) is 0 Å². The molecule has 1 aliphatic rings. The van der Waals surface area contributed by atoms with Crippen LogP contribution in [0.1, 0.15) is 19.8 Å². The van der Waals surface area contributed by atoms with Crippen molar-refractivity contribution < 1.29 is 8.42 Å². The number of anilines is 1. The summed E-state index contributed by atoms with van der Waals surface area (Å²) in [5.41, 5.74) is 0. The molecule has 6 nitrogen and oxygen atoms in total. The number of pyridine rings is 1. The predicted molar refractivity (Wildman–Crippen MR) is 79.2 cm³/mol. The first-order valence-corrected chi connectivity index (χ1v) is 8.27. The van der Waals surface area contributed by atoms with E-state index < -0.39 is 10.0 Å². The van der Waals surface area contributed by atoms with Crippen LogP contribution in [0.5, 0.6) is 0 Å². The van der Waals surface area contributed by atoms with Crippen molar-refractivity contribution >= 4 is 15.8 Å². The molecule has 0 spiro atoms. The van der Waals surface area contributed by atoms with E-state index in [2.05, 4.69) is 33.9 Å². The lowest BCUT2D eigenvalue weighted by Gasteiger charge is -2.35. The Bertz CT molecular complexity index is 561. The van der Waals surface area contributed by atoms with Gasteiger partial charge in [-0.05, 0) is 39.4 Å². The van der Waals surface area contributed by atoms with Crippen LogP contribution in [0.4, 0.5) is 5.82 Å². The fourth-order valence-corrected chi connectivity index (χ4v) is 3.69. The highest BCUT2D eigenvalue weighted by molar-refractivity contribution is 7.89. The number of likely N-dealkylation sites (tertiary alicyclic amines) is 1. The average molecular weight is 298 g/mol. The Balaban J connectivity index is 2.11. The van der Waals surface area contributed by atoms with Gasteiger partial charge in [-0.15, -0.1) is 0 Å². The van der Waals surface area contributed by atoms with Gasteiger partial charge in [0.1, 0.15) is 5.82 Å². The zero-order valence-electron chi connectivity index (χ0n) is 12.1. The van der Waals surface area contributed by atoms with Gasteiger partial charge in [0.25, 0.3) is 0 Å². The summed E-state index contributed by atoms with van der Waals surface area (Å²) < 4.78 is 27.6. The summed E-state index contributed by atoms with van der Waals surface area (Å²) in [7, 11) is 0.298. The second-order valence-corrected chi connectivity index (χ2v) is 7.01. The van der Waals surface area contributed by atoms with Gasteiger partial charge in [-0.25, -0.2) is 18.1 Å². The van der Waals surface area contributed by atoms with Crippen LogP contribution in [-0.4, -0.2) is 51.0 Å². The third-order valence-electron chi connectivity index (χ3n) is 3.83. The van der Waals surface area contributed by atoms with Gasteiger partial charge < -0.3 is 10.2 Å². The second kappa shape index (κ2) is 6.07. The summed E-state index contributed by atoms with van der Waals surface area (Å²) in [4.78, 5) is 6.53. The monoisotopic (exact) mass is 298 g/mol. The number of aromatic nitrogens is 1. The summed E-state index contributed by atoms with van der Waals surface area (Å²) in [5, 5.41) is 2.85. The molecular formula is C13H22N4O2S. The first-order chi connectivity index (χ1) is 9.42. The Morgan fingerprint density at radius 2 is 2.20 bits per heavy atom. The lowest BCUT2D eigenvalue weighted by molar-refractivity contribution is 0.178. The molecule has 1 fully saturated rings. The molecule has 7 heteroatoms. The Morgan fingerprint density at radius 1 is 1.45 bits per heavy atom. The third kappa shape index (κ3) is 3.47. The van der Waals surface area contributed by atoms with E-state index in [1.807, 2.05) is 0 Å². The first-order valence-electron chi connectivity index (χ1n) is 6.79. The molecule has 0 amide bonds. The van der Waals surface area contributed by atoms with Gasteiger partial charge in [0, 0.05) is 31.4 Å². The number of sulfonamides is 1. The molecule has 20 heavy (non-hydrogen) atoms.